The first-order chi connectivity index (χ1) is 11.2. The highest BCUT2D eigenvalue weighted by Crippen LogP contribution is 2.43. The molecule has 0 bridgehead atoms. The van der Waals surface area contributed by atoms with Crippen LogP contribution in [0.5, 0.6) is 0 Å². The molecule has 2 heterocycles. The lowest BCUT2D eigenvalue weighted by Gasteiger charge is -2.08. The molecular weight excluding hydrogens is 298 g/mol. The average Bonchev–Trinajstić information content (AvgIpc) is 3.07. The second-order valence-corrected chi connectivity index (χ2v) is 7.37. The third-order valence-electron chi connectivity index (χ3n) is 4.59. The zero-order valence-electron chi connectivity index (χ0n) is 13.9. The molecule has 0 amide bonds. The number of aromatic amines is 1. The van der Waals surface area contributed by atoms with Gasteiger partial charge in [0.25, 0.3) is 0 Å². The van der Waals surface area contributed by atoms with Crippen LogP contribution < -0.4 is 0 Å². The van der Waals surface area contributed by atoms with Crippen LogP contribution in [0.3, 0.4) is 0 Å². The van der Waals surface area contributed by atoms with Crippen LogP contribution >= 0.6 is 11.3 Å². The lowest BCUT2D eigenvalue weighted by atomic mass is 9.98. The monoisotopic (exact) mass is 319 g/mol. The van der Waals surface area contributed by atoms with Crippen molar-refractivity contribution >= 4 is 32.5 Å². The number of thiophene rings is 1. The Labute approximate surface area is 141 Å². The second-order valence-electron chi connectivity index (χ2n) is 6.35. The normalized spacial score (nSPS) is 11.6. The minimum absolute atomic E-state index is 1.13. The Kier molecular flexibility index (Phi) is 3.50. The minimum atomic E-state index is 1.13. The smallest absolute Gasteiger partial charge is 0.102 e. The number of hydrogen-bond acceptors (Lipinski definition) is 1. The number of H-pyrrole nitrogens is 1. The molecule has 1 N–H and O–H groups in total. The van der Waals surface area contributed by atoms with Crippen LogP contribution in [0.1, 0.15) is 30.0 Å². The van der Waals surface area contributed by atoms with Gasteiger partial charge in [-0.2, -0.15) is 0 Å². The van der Waals surface area contributed by atoms with Crippen molar-refractivity contribution in [2.45, 2.75) is 33.6 Å². The second kappa shape index (κ2) is 5.54. The number of hydrogen-bond donors (Lipinski definition) is 1. The Morgan fingerprint density at radius 2 is 1.87 bits per heavy atom. The lowest BCUT2D eigenvalue weighted by molar-refractivity contribution is 0.934. The third kappa shape index (κ3) is 2.29. The van der Waals surface area contributed by atoms with Gasteiger partial charge >= 0.3 is 0 Å². The summed E-state index contributed by atoms with van der Waals surface area (Å²) in [7, 11) is 0. The van der Waals surface area contributed by atoms with Gasteiger partial charge in [0.05, 0.1) is 0 Å². The maximum Gasteiger partial charge on any atom is 0.102 e. The van der Waals surface area contributed by atoms with E-state index in [4.69, 9.17) is 0 Å². The van der Waals surface area contributed by atoms with Gasteiger partial charge in [-0.15, -0.1) is 11.3 Å². The fraction of sp³-hybridized carbons (Fsp3) is 0.238. The maximum absolute atomic E-state index is 3.62. The molecule has 0 aliphatic carbocycles. The average molecular weight is 319 g/mol. The molecule has 0 spiro atoms. The molecule has 0 aliphatic heterocycles. The third-order valence-corrected chi connectivity index (χ3v) is 5.77. The van der Waals surface area contributed by atoms with Gasteiger partial charge in [-0.05, 0) is 43.0 Å². The molecule has 0 atom stereocenters. The van der Waals surface area contributed by atoms with Crippen LogP contribution in [0.25, 0.3) is 31.6 Å². The summed E-state index contributed by atoms with van der Waals surface area (Å²) in [5.41, 5.74) is 6.85. The number of para-hydroxylation sites is 1. The SMILES string of the molecule is CCCc1c(-c2cc(C)ccc2C)sc2[nH]c3ccccc3c12. The van der Waals surface area contributed by atoms with E-state index in [1.165, 1.54) is 54.7 Å². The molecule has 23 heavy (non-hydrogen) atoms. The Bertz CT molecular complexity index is 1000. The van der Waals surface area contributed by atoms with Gasteiger partial charge in [0.15, 0.2) is 0 Å². The van der Waals surface area contributed by atoms with Gasteiger partial charge in [-0.3, -0.25) is 0 Å². The molecule has 2 aromatic carbocycles. The first-order valence-electron chi connectivity index (χ1n) is 8.28. The summed E-state index contributed by atoms with van der Waals surface area (Å²) in [6, 6.07) is 15.4. The number of fused-ring (bicyclic) bond motifs is 3. The minimum Gasteiger partial charge on any atom is -0.346 e. The molecule has 116 valence electrons. The molecule has 4 aromatic rings. The zero-order chi connectivity index (χ0) is 16.0. The molecule has 1 nitrogen and oxygen atoms in total. The van der Waals surface area contributed by atoms with E-state index in [1.807, 2.05) is 11.3 Å². The van der Waals surface area contributed by atoms with Crippen molar-refractivity contribution in [1.82, 2.24) is 4.98 Å². The van der Waals surface area contributed by atoms with Crippen LogP contribution in [-0.2, 0) is 6.42 Å². The number of rotatable bonds is 3. The Hall–Kier alpha value is -2.06. The molecule has 0 unspecified atom stereocenters. The maximum atomic E-state index is 3.62. The summed E-state index contributed by atoms with van der Waals surface area (Å²) in [6.07, 6.45) is 2.30. The highest BCUT2D eigenvalue weighted by atomic mass is 32.1. The van der Waals surface area contributed by atoms with E-state index in [-0.39, 0.29) is 0 Å². The molecule has 0 aliphatic rings. The van der Waals surface area contributed by atoms with Crippen LogP contribution in [-0.4, -0.2) is 4.98 Å². The van der Waals surface area contributed by atoms with E-state index in [9.17, 15) is 0 Å². The summed E-state index contributed by atoms with van der Waals surface area (Å²) in [5, 5.41) is 2.79. The van der Waals surface area contributed by atoms with Gasteiger partial charge in [0.1, 0.15) is 4.83 Å². The summed E-state index contributed by atoms with van der Waals surface area (Å²) in [4.78, 5) is 6.37. The quantitative estimate of drug-likeness (QED) is 0.437. The van der Waals surface area contributed by atoms with E-state index in [0.29, 0.717) is 0 Å². The largest absolute Gasteiger partial charge is 0.346 e. The molecule has 0 radical (unpaired) electrons. The molecule has 4 rings (SSSR count). The van der Waals surface area contributed by atoms with E-state index in [0.717, 1.165) is 6.42 Å². The number of benzene rings is 2. The highest BCUT2D eigenvalue weighted by molar-refractivity contribution is 7.22. The van der Waals surface area contributed by atoms with Crippen molar-refractivity contribution in [2.24, 2.45) is 0 Å². The number of aryl methyl sites for hydroxylation is 3. The van der Waals surface area contributed by atoms with Crippen LogP contribution in [0, 0.1) is 13.8 Å². The van der Waals surface area contributed by atoms with E-state index in [2.05, 4.69) is 68.2 Å². The molecule has 2 heteroatoms. The fourth-order valence-electron chi connectivity index (χ4n) is 3.46. The predicted molar refractivity (Wildman–Crippen MR) is 103 cm³/mol. The fourth-order valence-corrected chi connectivity index (χ4v) is 4.81. The number of nitrogens with one attached hydrogen (secondary N) is 1. The van der Waals surface area contributed by atoms with Gasteiger partial charge < -0.3 is 4.98 Å². The van der Waals surface area contributed by atoms with E-state index >= 15 is 0 Å². The first kappa shape index (κ1) is 14.5. The van der Waals surface area contributed by atoms with E-state index in [1.54, 1.807) is 0 Å². The van der Waals surface area contributed by atoms with Crippen molar-refractivity contribution in [3.63, 3.8) is 0 Å². The predicted octanol–water partition coefficient (Wildman–Crippen LogP) is 6.62. The molecule has 0 saturated carbocycles. The van der Waals surface area contributed by atoms with Crippen molar-refractivity contribution in [3.8, 4) is 10.4 Å². The van der Waals surface area contributed by atoms with Crippen LogP contribution in [0.4, 0.5) is 0 Å². The van der Waals surface area contributed by atoms with Crippen molar-refractivity contribution in [3.05, 3.63) is 59.2 Å². The van der Waals surface area contributed by atoms with Crippen LogP contribution in [0.15, 0.2) is 42.5 Å². The van der Waals surface area contributed by atoms with Gasteiger partial charge in [0.2, 0.25) is 0 Å². The topological polar surface area (TPSA) is 15.8 Å². The van der Waals surface area contributed by atoms with Gasteiger partial charge in [-0.1, -0.05) is 55.3 Å². The molecule has 0 saturated heterocycles. The summed E-state index contributed by atoms with van der Waals surface area (Å²) >= 11 is 1.91. The number of aromatic nitrogens is 1. The summed E-state index contributed by atoms with van der Waals surface area (Å²) in [5.74, 6) is 0. The summed E-state index contributed by atoms with van der Waals surface area (Å²) < 4.78 is 0. The Morgan fingerprint density at radius 3 is 2.70 bits per heavy atom. The molecule has 2 aromatic heterocycles. The van der Waals surface area contributed by atoms with E-state index < -0.39 is 0 Å². The van der Waals surface area contributed by atoms with Crippen LogP contribution in [0.2, 0.25) is 0 Å². The zero-order valence-corrected chi connectivity index (χ0v) is 14.7. The lowest BCUT2D eigenvalue weighted by Crippen LogP contribution is -1.88. The van der Waals surface area contributed by atoms with Crippen molar-refractivity contribution in [2.75, 3.05) is 0 Å². The van der Waals surface area contributed by atoms with Crippen molar-refractivity contribution < 1.29 is 0 Å². The van der Waals surface area contributed by atoms with Crippen molar-refractivity contribution in [1.29, 1.82) is 0 Å². The first-order valence-corrected chi connectivity index (χ1v) is 9.10. The summed E-state index contributed by atoms with van der Waals surface area (Å²) in [6.45, 7) is 6.67. The highest BCUT2D eigenvalue weighted by Gasteiger charge is 2.18. The Balaban J connectivity index is 2.07. The van der Waals surface area contributed by atoms with Gasteiger partial charge in [-0.25, -0.2) is 0 Å². The van der Waals surface area contributed by atoms with Gasteiger partial charge in [0, 0.05) is 21.2 Å². The molecule has 0 fully saturated rings. The standard InChI is InChI=1S/C21H21NS/c1-4-7-16-19-15-8-5-6-9-18(15)22-21(19)23-20(16)17-12-13(2)10-11-14(17)3/h5-6,8-12,22H,4,7H2,1-3H3. The molecular formula is C21H21NS. The Morgan fingerprint density at radius 1 is 1.04 bits per heavy atom.